The Morgan fingerprint density at radius 1 is 0.975 bits per heavy atom. The van der Waals surface area contributed by atoms with E-state index in [9.17, 15) is 4.79 Å². The zero-order valence-corrected chi connectivity index (χ0v) is 25.2. The molecular formula is C31H39N5O2S2. The lowest BCUT2D eigenvalue weighted by Crippen LogP contribution is -2.50. The summed E-state index contributed by atoms with van der Waals surface area (Å²) in [5.74, 6) is 0. The van der Waals surface area contributed by atoms with Crippen LogP contribution in [0.1, 0.15) is 32.4 Å². The molecule has 3 aliphatic heterocycles. The lowest BCUT2D eigenvalue weighted by atomic mass is 10.1. The van der Waals surface area contributed by atoms with Gasteiger partial charge >= 0.3 is 0 Å². The standard InChI is InChI=1S/C31H39N5O2S2/c1-21(2)35-13-11-34(12-14-35)19-22(3)33-23-7-8-27-29(17-23)39-28-6-4-5-25(31(28)40-27)26-20-36(15-16-38-26)24-9-10-32-30(37)18-24/h4-10,17-18,21-22,26,33H,11-16,19-20H2,1-3H3,(H,32,37). The first kappa shape index (κ1) is 27.7. The highest BCUT2D eigenvalue weighted by Gasteiger charge is 2.28. The highest BCUT2D eigenvalue weighted by Crippen LogP contribution is 2.51. The number of hydrogen-bond donors (Lipinski definition) is 2. The van der Waals surface area contributed by atoms with Gasteiger partial charge in [0.15, 0.2) is 0 Å². The van der Waals surface area contributed by atoms with Crippen LogP contribution in [0.25, 0.3) is 0 Å². The predicted molar refractivity (Wildman–Crippen MR) is 165 cm³/mol. The van der Waals surface area contributed by atoms with E-state index in [1.54, 1.807) is 12.3 Å². The quantitative estimate of drug-likeness (QED) is 0.303. The molecule has 6 rings (SSSR count). The van der Waals surface area contributed by atoms with E-state index in [0.29, 0.717) is 18.7 Å². The van der Waals surface area contributed by atoms with Crippen LogP contribution in [0.4, 0.5) is 11.4 Å². The maximum atomic E-state index is 11.9. The Bertz CT molecular complexity index is 1390. The third-order valence-electron chi connectivity index (χ3n) is 8.00. The van der Waals surface area contributed by atoms with Crippen LogP contribution >= 0.6 is 23.5 Å². The van der Waals surface area contributed by atoms with Crippen molar-refractivity contribution in [3.8, 4) is 0 Å². The molecule has 3 aliphatic rings. The van der Waals surface area contributed by atoms with Crippen LogP contribution in [0.3, 0.4) is 0 Å². The first-order valence-electron chi connectivity index (χ1n) is 14.3. The number of fused-ring (bicyclic) bond motifs is 2. The number of benzene rings is 2. The van der Waals surface area contributed by atoms with Gasteiger partial charge in [0.25, 0.3) is 0 Å². The summed E-state index contributed by atoms with van der Waals surface area (Å²) in [6, 6.07) is 18.0. The smallest absolute Gasteiger partial charge is 0.249 e. The number of nitrogens with one attached hydrogen (secondary N) is 2. The van der Waals surface area contributed by atoms with Crippen LogP contribution in [-0.2, 0) is 4.74 Å². The number of rotatable bonds is 7. The number of anilines is 2. The third kappa shape index (κ3) is 6.24. The maximum absolute atomic E-state index is 11.9. The van der Waals surface area contributed by atoms with E-state index in [4.69, 9.17) is 4.74 Å². The van der Waals surface area contributed by atoms with Gasteiger partial charge in [-0.3, -0.25) is 14.6 Å². The Kier molecular flexibility index (Phi) is 8.46. The van der Waals surface area contributed by atoms with Gasteiger partial charge in [0, 0.05) is 101 Å². The topological polar surface area (TPSA) is 63.8 Å². The summed E-state index contributed by atoms with van der Waals surface area (Å²) in [5.41, 5.74) is 3.28. The fourth-order valence-corrected chi connectivity index (χ4v) is 8.30. The summed E-state index contributed by atoms with van der Waals surface area (Å²) in [7, 11) is 0. The van der Waals surface area contributed by atoms with E-state index in [1.165, 1.54) is 30.8 Å². The second kappa shape index (κ2) is 12.2. The fraction of sp³-hybridized carbons (Fsp3) is 0.452. The summed E-state index contributed by atoms with van der Waals surface area (Å²) >= 11 is 3.69. The number of aromatic nitrogens is 1. The van der Waals surface area contributed by atoms with E-state index in [0.717, 1.165) is 51.5 Å². The summed E-state index contributed by atoms with van der Waals surface area (Å²) in [6.45, 7) is 14.7. The van der Waals surface area contributed by atoms with Crippen LogP contribution in [0.2, 0.25) is 0 Å². The minimum Gasteiger partial charge on any atom is -0.381 e. The molecule has 2 saturated heterocycles. The molecule has 9 heteroatoms. The molecule has 0 spiro atoms. The minimum absolute atomic E-state index is 0.0400. The molecule has 0 radical (unpaired) electrons. The number of H-pyrrole nitrogens is 1. The van der Waals surface area contributed by atoms with Crippen LogP contribution in [-0.4, -0.2) is 79.3 Å². The minimum atomic E-state index is -0.0751. The van der Waals surface area contributed by atoms with Gasteiger partial charge in [-0.2, -0.15) is 0 Å². The average Bonchev–Trinajstić information content (AvgIpc) is 2.96. The van der Waals surface area contributed by atoms with E-state index in [2.05, 4.69) is 82.2 Å². The first-order chi connectivity index (χ1) is 19.4. The summed E-state index contributed by atoms with van der Waals surface area (Å²) in [5, 5.41) is 3.76. The van der Waals surface area contributed by atoms with Gasteiger partial charge in [0.2, 0.25) is 5.56 Å². The Morgan fingerprint density at radius 3 is 2.62 bits per heavy atom. The molecule has 0 saturated carbocycles. The fourth-order valence-electron chi connectivity index (χ4n) is 5.85. The molecule has 4 heterocycles. The molecule has 2 atom stereocenters. The number of aromatic amines is 1. The number of morpholine rings is 1. The van der Waals surface area contributed by atoms with E-state index < -0.39 is 0 Å². The Balaban J connectivity index is 1.11. The Morgan fingerprint density at radius 2 is 1.82 bits per heavy atom. The van der Waals surface area contributed by atoms with Crippen LogP contribution < -0.4 is 15.8 Å². The zero-order chi connectivity index (χ0) is 27.6. The van der Waals surface area contributed by atoms with Crippen molar-refractivity contribution in [2.24, 2.45) is 0 Å². The number of ether oxygens (including phenoxy) is 1. The van der Waals surface area contributed by atoms with Crippen molar-refractivity contribution in [1.82, 2.24) is 14.8 Å². The van der Waals surface area contributed by atoms with Crippen LogP contribution in [0.15, 0.2) is 79.1 Å². The van der Waals surface area contributed by atoms with Crippen molar-refractivity contribution in [1.29, 1.82) is 0 Å². The number of pyridine rings is 1. The average molecular weight is 578 g/mol. The maximum Gasteiger partial charge on any atom is 0.249 e. The molecule has 212 valence electrons. The second-order valence-electron chi connectivity index (χ2n) is 11.2. The number of hydrogen-bond acceptors (Lipinski definition) is 8. The van der Waals surface area contributed by atoms with Crippen LogP contribution in [0, 0.1) is 0 Å². The normalized spacial score (nSPS) is 20.7. The van der Waals surface area contributed by atoms with E-state index >= 15 is 0 Å². The molecule has 2 unspecified atom stereocenters. The predicted octanol–water partition coefficient (Wildman–Crippen LogP) is 5.40. The van der Waals surface area contributed by atoms with Gasteiger partial charge in [0.05, 0.1) is 6.61 Å². The van der Waals surface area contributed by atoms with Crippen molar-refractivity contribution in [2.75, 3.05) is 62.6 Å². The van der Waals surface area contributed by atoms with Crippen molar-refractivity contribution in [3.63, 3.8) is 0 Å². The SMILES string of the molecule is CC(CN1CCN(C(C)C)CC1)Nc1ccc2c(c1)Sc1cccc(C3CN(c4cc[nH]c(=O)c4)CCO3)c1S2. The third-order valence-corrected chi connectivity index (χ3v) is 10.6. The number of piperazine rings is 1. The largest absolute Gasteiger partial charge is 0.381 e. The molecule has 2 aromatic carbocycles. The molecule has 0 aliphatic carbocycles. The van der Waals surface area contributed by atoms with Gasteiger partial charge in [-0.1, -0.05) is 35.7 Å². The highest BCUT2D eigenvalue weighted by atomic mass is 32.2. The van der Waals surface area contributed by atoms with Crippen molar-refractivity contribution in [3.05, 3.63) is 70.6 Å². The Hall–Kier alpha value is -2.43. The van der Waals surface area contributed by atoms with Crippen molar-refractivity contribution >= 4 is 34.9 Å². The summed E-state index contributed by atoms with van der Waals surface area (Å²) in [4.78, 5) is 27.1. The lowest BCUT2D eigenvalue weighted by molar-refractivity contribution is 0.0379. The zero-order valence-electron chi connectivity index (χ0n) is 23.6. The van der Waals surface area contributed by atoms with Crippen LogP contribution in [0.5, 0.6) is 0 Å². The molecule has 7 nitrogen and oxygen atoms in total. The highest BCUT2D eigenvalue weighted by molar-refractivity contribution is 8.05. The molecule has 0 bridgehead atoms. The van der Waals surface area contributed by atoms with Gasteiger partial charge in [-0.15, -0.1) is 0 Å². The first-order valence-corrected chi connectivity index (χ1v) is 16.0. The molecular weight excluding hydrogens is 539 g/mol. The molecule has 2 fully saturated rings. The van der Waals surface area contributed by atoms with Gasteiger partial charge < -0.3 is 19.9 Å². The molecule has 0 amide bonds. The lowest BCUT2D eigenvalue weighted by Gasteiger charge is -2.38. The molecule has 40 heavy (non-hydrogen) atoms. The second-order valence-corrected chi connectivity index (χ2v) is 13.4. The Labute approximate surface area is 245 Å². The monoisotopic (exact) mass is 577 g/mol. The van der Waals surface area contributed by atoms with Crippen molar-refractivity contribution < 1.29 is 4.74 Å². The van der Waals surface area contributed by atoms with Gasteiger partial charge in [0.1, 0.15) is 6.10 Å². The molecule has 3 aromatic rings. The molecule has 1 aromatic heterocycles. The van der Waals surface area contributed by atoms with E-state index in [-0.39, 0.29) is 11.7 Å². The summed E-state index contributed by atoms with van der Waals surface area (Å²) < 4.78 is 6.28. The van der Waals surface area contributed by atoms with Gasteiger partial charge in [-0.05, 0) is 56.7 Å². The number of nitrogens with zero attached hydrogens (tertiary/aromatic N) is 3. The molecule has 2 N–H and O–H groups in total. The van der Waals surface area contributed by atoms with Gasteiger partial charge in [-0.25, -0.2) is 0 Å². The van der Waals surface area contributed by atoms with E-state index in [1.807, 2.05) is 29.6 Å². The van der Waals surface area contributed by atoms with Crippen molar-refractivity contribution in [2.45, 2.75) is 58.5 Å². The summed E-state index contributed by atoms with van der Waals surface area (Å²) in [6.07, 6.45) is 1.68.